The average Bonchev–Trinajstić information content (AvgIpc) is 2.74. The Hall–Kier alpha value is -3.86. The zero-order valence-electron chi connectivity index (χ0n) is 17.8. The summed E-state index contributed by atoms with van der Waals surface area (Å²) in [5.74, 6) is -0.780. The molecule has 3 aromatic rings. The van der Waals surface area contributed by atoms with Crippen LogP contribution >= 0.6 is 0 Å². The van der Waals surface area contributed by atoms with E-state index in [0.29, 0.717) is 11.3 Å². The molecule has 0 aliphatic heterocycles. The molecule has 0 saturated heterocycles. The van der Waals surface area contributed by atoms with E-state index in [9.17, 15) is 14.7 Å². The Balaban J connectivity index is 1.61. The number of hydrogen-bond acceptors (Lipinski definition) is 3. The van der Waals surface area contributed by atoms with Gasteiger partial charge in [-0.1, -0.05) is 63.2 Å². The zero-order valence-corrected chi connectivity index (χ0v) is 17.8. The number of amides is 2. The van der Waals surface area contributed by atoms with Crippen LogP contribution in [0.25, 0.3) is 6.08 Å². The lowest BCUT2D eigenvalue weighted by molar-refractivity contribution is -0.111. The van der Waals surface area contributed by atoms with Gasteiger partial charge < -0.3 is 15.7 Å². The van der Waals surface area contributed by atoms with Gasteiger partial charge in [0.15, 0.2) is 0 Å². The van der Waals surface area contributed by atoms with Gasteiger partial charge in [0.25, 0.3) is 5.91 Å². The van der Waals surface area contributed by atoms with Crippen molar-refractivity contribution in [1.82, 2.24) is 0 Å². The quantitative estimate of drug-likeness (QED) is 0.376. The molecule has 0 radical (unpaired) electrons. The molecule has 5 heteroatoms. The van der Waals surface area contributed by atoms with Crippen molar-refractivity contribution >= 4 is 29.3 Å². The molecule has 0 aliphatic carbocycles. The van der Waals surface area contributed by atoms with E-state index in [1.54, 1.807) is 42.5 Å². The van der Waals surface area contributed by atoms with Crippen LogP contribution in [-0.4, -0.2) is 16.9 Å². The standard InChI is InChI=1S/C26H26N2O3/c1-26(2,3)20-12-9-18(10-13-20)11-16-24(30)27-21-14-15-22(23(29)17-21)28-25(31)19-7-5-4-6-8-19/h4-17,29H,1-3H3,(H,27,30)(H,28,31)/b16-11+. The molecule has 3 N–H and O–H groups in total. The summed E-state index contributed by atoms with van der Waals surface area (Å²) < 4.78 is 0. The van der Waals surface area contributed by atoms with Gasteiger partial charge in [-0.05, 0) is 46.9 Å². The van der Waals surface area contributed by atoms with Crippen LogP contribution in [-0.2, 0) is 10.2 Å². The van der Waals surface area contributed by atoms with Gasteiger partial charge in [-0.25, -0.2) is 0 Å². The number of aromatic hydroxyl groups is 1. The maximum atomic E-state index is 12.2. The second-order valence-electron chi connectivity index (χ2n) is 8.25. The van der Waals surface area contributed by atoms with Crippen molar-refractivity contribution in [3.63, 3.8) is 0 Å². The molecule has 0 heterocycles. The number of hydrogen-bond donors (Lipinski definition) is 3. The van der Waals surface area contributed by atoms with Gasteiger partial charge in [-0.2, -0.15) is 0 Å². The van der Waals surface area contributed by atoms with E-state index in [1.807, 2.05) is 18.2 Å². The molecule has 5 nitrogen and oxygen atoms in total. The van der Waals surface area contributed by atoms with Gasteiger partial charge in [0, 0.05) is 23.4 Å². The summed E-state index contributed by atoms with van der Waals surface area (Å²) in [6.45, 7) is 6.46. The zero-order chi connectivity index (χ0) is 22.4. The summed E-state index contributed by atoms with van der Waals surface area (Å²) in [7, 11) is 0. The van der Waals surface area contributed by atoms with Crippen LogP contribution < -0.4 is 10.6 Å². The van der Waals surface area contributed by atoms with Gasteiger partial charge in [0.1, 0.15) is 5.75 Å². The highest BCUT2D eigenvalue weighted by atomic mass is 16.3. The van der Waals surface area contributed by atoms with E-state index in [-0.39, 0.29) is 28.7 Å². The summed E-state index contributed by atoms with van der Waals surface area (Å²) in [4.78, 5) is 24.4. The Labute approximate surface area is 182 Å². The van der Waals surface area contributed by atoms with E-state index in [0.717, 1.165) is 5.56 Å². The summed E-state index contributed by atoms with van der Waals surface area (Å²) in [5.41, 5.74) is 3.40. The number of phenolic OH excluding ortho intramolecular Hbond substituents is 1. The highest BCUT2D eigenvalue weighted by Gasteiger charge is 2.12. The number of phenols is 1. The molecule has 0 aromatic heterocycles. The molecule has 158 valence electrons. The molecular formula is C26H26N2O3. The Kier molecular flexibility index (Phi) is 6.55. The third-order valence-electron chi connectivity index (χ3n) is 4.75. The first-order valence-electron chi connectivity index (χ1n) is 10.0. The van der Waals surface area contributed by atoms with Gasteiger partial charge in [0.2, 0.25) is 5.91 Å². The fourth-order valence-corrected chi connectivity index (χ4v) is 2.95. The minimum atomic E-state index is -0.326. The highest BCUT2D eigenvalue weighted by Crippen LogP contribution is 2.27. The van der Waals surface area contributed by atoms with Gasteiger partial charge in [-0.15, -0.1) is 0 Å². The topological polar surface area (TPSA) is 78.4 Å². The van der Waals surface area contributed by atoms with E-state index in [2.05, 4.69) is 43.5 Å². The highest BCUT2D eigenvalue weighted by molar-refractivity contribution is 6.05. The van der Waals surface area contributed by atoms with E-state index >= 15 is 0 Å². The normalized spacial score (nSPS) is 11.3. The molecule has 3 aromatic carbocycles. The number of nitrogens with one attached hydrogen (secondary N) is 2. The van der Waals surface area contributed by atoms with Crippen LogP contribution in [0, 0.1) is 0 Å². The minimum absolute atomic E-state index is 0.0777. The molecule has 0 saturated carbocycles. The monoisotopic (exact) mass is 414 g/mol. The van der Waals surface area contributed by atoms with Crippen molar-refractivity contribution < 1.29 is 14.7 Å². The number of benzene rings is 3. The maximum absolute atomic E-state index is 12.2. The summed E-state index contributed by atoms with van der Waals surface area (Å²) in [6, 6.07) is 21.3. The van der Waals surface area contributed by atoms with Gasteiger partial charge in [0.05, 0.1) is 5.69 Å². The van der Waals surface area contributed by atoms with Crippen LogP contribution in [0.2, 0.25) is 0 Å². The third kappa shape index (κ3) is 6.06. The largest absolute Gasteiger partial charge is 0.506 e. The molecule has 0 atom stereocenters. The van der Waals surface area contributed by atoms with Crippen molar-refractivity contribution in [2.24, 2.45) is 0 Å². The first-order valence-corrected chi connectivity index (χ1v) is 10.0. The second kappa shape index (κ2) is 9.30. The second-order valence-corrected chi connectivity index (χ2v) is 8.25. The number of anilines is 2. The van der Waals surface area contributed by atoms with E-state index < -0.39 is 0 Å². The summed E-state index contributed by atoms with van der Waals surface area (Å²) in [5, 5.41) is 15.6. The predicted octanol–water partition coefficient (Wildman–Crippen LogP) is 5.59. The van der Waals surface area contributed by atoms with Crippen molar-refractivity contribution in [1.29, 1.82) is 0 Å². The van der Waals surface area contributed by atoms with Crippen LogP contribution in [0.5, 0.6) is 5.75 Å². The SMILES string of the molecule is CC(C)(C)c1ccc(/C=C/C(=O)Nc2ccc(NC(=O)c3ccccc3)c(O)c2)cc1. The Morgan fingerprint density at radius 3 is 2.16 bits per heavy atom. The first kappa shape index (κ1) is 21.8. The molecule has 0 fully saturated rings. The molecule has 3 rings (SSSR count). The maximum Gasteiger partial charge on any atom is 0.255 e. The van der Waals surface area contributed by atoms with E-state index in [4.69, 9.17) is 0 Å². The van der Waals surface area contributed by atoms with Gasteiger partial charge >= 0.3 is 0 Å². The number of carbonyl (C=O) groups excluding carboxylic acids is 2. The Morgan fingerprint density at radius 1 is 0.871 bits per heavy atom. The molecule has 0 spiro atoms. The average molecular weight is 415 g/mol. The molecule has 0 bridgehead atoms. The van der Waals surface area contributed by atoms with Crippen LogP contribution in [0.15, 0.2) is 78.9 Å². The predicted molar refractivity (Wildman–Crippen MR) is 125 cm³/mol. The molecule has 0 unspecified atom stereocenters. The minimum Gasteiger partial charge on any atom is -0.506 e. The molecule has 2 amide bonds. The van der Waals surface area contributed by atoms with Crippen molar-refractivity contribution in [3.05, 3.63) is 95.6 Å². The first-order chi connectivity index (χ1) is 14.7. The van der Waals surface area contributed by atoms with Crippen LogP contribution in [0.1, 0.15) is 42.3 Å². The van der Waals surface area contributed by atoms with Crippen molar-refractivity contribution in [3.8, 4) is 5.75 Å². The molecule has 0 aliphatic rings. The Bertz CT molecular complexity index is 1100. The number of rotatable bonds is 5. The van der Waals surface area contributed by atoms with Crippen molar-refractivity contribution in [2.45, 2.75) is 26.2 Å². The lowest BCUT2D eigenvalue weighted by Crippen LogP contribution is -2.12. The molecule has 31 heavy (non-hydrogen) atoms. The van der Waals surface area contributed by atoms with Crippen LogP contribution in [0.3, 0.4) is 0 Å². The van der Waals surface area contributed by atoms with Gasteiger partial charge in [-0.3, -0.25) is 9.59 Å². The number of carbonyl (C=O) groups is 2. The summed E-state index contributed by atoms with van der Waals surface area (Å²) in [6.07, 6.45) is 3.17. The van der Waals surface area contributed by atoms with E-state index in [1.165, 1.54) is 17.7 Å². The summed E-state index contributed by atoms with van der Waals surface area (Å²) >= 11 is 0. The van der Waals surface area contributed by atoms with Crippen molar-refractivity contribution in [2.75, 3.05) is 10.6 Å². The lowest BCUT2D eigenvalue weighted by atomic mass is 9.87. The lowest BCUT2D eigenvalue weighted by Gasteiger charge is -2.18. The molecular weight excluding hydrogens is 388 g/mol. The Morgan fingerprint density at radius 2 is 1.55 bits per heavy atom. The van der Waals surface area contributed by atoms with Crippen LogP contribution in [0.4, 0.5) is 11.4 Å². The fourth-order valence-electron chi connectivity index (χ4n) is 2.95. The smallest absolute Gasteiger partial charge is 0.255 e. The third-order valence-corrected chi connectivity index (χ3v) is 4.75. The fraction of sp³-hybridized carbons (Fsp3) is 0.154.